The Kier molecular flexibility index (Phi) is 6.33. The molecule has 0 fully saturated rings. The zero-order valence-corrected chi connectivity index (χ0v) is 15.9. The minimum atomic E-state index is -0.0732. The summed E-state index contributed by atoms with van der Waals surface area (Å²) in [7, 11) is 0. The van der Waals surface area contributed by atoms with E-state index in [-0.39, 0.29) is 11.7 Å². The Hall–Kier alpha value is -2.99. The van der Waals surface area contributed by atoms with Crippen LogP contribution in [-0.2, 0) is 0 Å². The highest BCUT2D eigenvalue weighted by Crippen LogP contribution is 2.19. The number of hydrogen-bond acceptors (Lipinski definition) is 5. The number of nitrogens with zero attached hydrogens (tertiary/aromatic N) is 1. The van der Waals surface area contributed by atoms with E-state index in [4.69, 9.17) is 0 Å². The first kappa shape index (κ1) is 18.8. The largest absolute Gasteiger partial charge is 0.361 e. The summed E-state index contributed by atoms with van der Waals surface area (Å²) in [6.07, 6.45) is 0.763. The third-order valence-corrected chi connectivity index (χ3v) is 4.88. The van der Waals surface area contributed by atoms with Crippen molar-refractivity contribution in [2.75, 3.05) is 18.4 Å². The molecule has 0 aliphatic carbocycles. The fourth-order valence-electron chi connectivity index (χ4n) is 2.60. The summed E-state index contributed by atoms with van der Waals surface area (Å²) in [5, 5.41) is 8.57. The Morgan fingerprint density at radius 1 is 1.00 bits per heavy atom. The van der Waals surface area contributed by atoms with Gasteiger partial charge in [0.15, 0.2) is 5.13 Å². The molecule has 0 spiro atoms. The quantitative estimate of drug-likeness (QED) is 0.460. The van der Waals surface area contributed by atoms with Gasteiger partial charge in [0, 0.05) is 29.6 Å². The molecule has 0 radical (unpaired) electrons. The number of carbonyl (C=O) groups excluding carboxylic acids is 2. The second-order valence-corrected chi connectivity index (χ2v) is 6.94. The number of amides is 1. The molecule has 138 valence electrons. The summed E-state index contributed by atoms with van der Waals surface area (Å²) in [5.74, 6) is -0.136. The highest BCUT2D eigenvalue weighted by atomic mass is 32.1. The number of benzene rings is 2. The van der Waals surface area contributed by atoms with Crippen molar-refractivity contribution >= 4 is 28.2 Å². The molecule has 5 nitrogen and oxygen atoms in total. The van der Waals surface area contributed by atoms with Crippen LogP contribution in [0, 0.1) is 6.92 Å². The van der Waals surface area contributed by atoms with Crippen LogP contribution in [0.1, 0.15) is 38.4 Å². The molecule has 1 heterocycles. The van der Waals surface area contributed by atoms with Gasteiger partial charge in [-0.15, -0.1) is 11.3 Å². The van der Waals surface area contributed by atoms with Gasteiger partial charge in [0.05, 0.1) is 0 Å². The Labute approximate surface area is 162 Å². The van der Waals surface area contributed by atoms with Crippen LogP contribution in [0.15, 0.2) is 60.0 Å². The molecule has 0 aliphatic rings. The molecule has 2 aromatic carbocycles. The molecule has 0 atom stereocenters. The summed E-state index contributed by atoms with van der Waals surface area (Å²) in [4.78, 5) is 28.9. The van der Waals surface area contributed by atoms with Gasteiger partial charge in [-0.3, -0.25) is 9.59 Å². The topological polar surface area (TPSA) is 71.1 Å². The van der Waals surface area contributed by atoms with Crippen molar-refractivity contribution in [2.45, 2.75) is 13.3 Å². The van der Waals surface area contributed by atoms with E-state index in [1.165, 1.54) is 11.3 Å². The van der Waals surface area contributed by atoms with Gasteiger partial charge in [0.25, 0.3) is 5.91 Å². The van der Waals surface area contributed by atoms with Crippen molar-refractivity contribution in [1.29, 1.82) is 0 Å². The van der Waals surface area contributed by atoms with Crippen molar-refractivity contribution in [3.05, 3.63) is 82.4 Å². The van der Waals surface area contributed by atoms with Crippen LogP contribution in [0.2, 0.25) is 0 Å². The molecular formula is C21H21N3O2S. The lowest BCUT2D eigenvalue weighted by molar-refractivity contribution is 0.0952. The maximum absolute atomic E-state index is 12.5. The van der Waals surface area contributed by atoms with Crippen LogP contribution in [-0.4, -0.2) is 29.8 Å². The van der Waals surface area contributed by atoms with E-state index < -0.39 is 0 Å². The first-order valence-corrected chi connectivity index (χ1v) is 9.66. The lowest BCUT2D eigenvalue weighted by Gasteiger charge is -2.06. The maximum atomic E-state index is 12.5. The van der Waals surface area contributed by atoms with E-state index in [0.29, 0.717) is 35.0 Å². The maximum Gasteiger partial charge on any atom is 0.251 e. The fraction of sp³-hybridized carbons (Fsp3) is 0.190. The molecule has 6 heteroatoms. The van der Waals surface area contributed by atoms with Crippen molar-refractivity contribution < 1.29 is 9.59 Å². The lowest BCUT2D eigenvalue weighted by atomic mass is 10.0. The molecule has 2 N–H and O–H groups in total. The minimum absolute atomic E-state index is 0.0625. The Bertz CT molecular complexity index is 922. The third kappa shape index (κ3) is 5.01. The number of anilines is 1. The van der Waals surface area contributed by atoms with E-state index in [9.17, 15) is 9.59 Å². The molecule has 0 aliphatic heterocycles. The van der Waals surface area contributed by atoms with Crippen LogP contribution in [0.25, 0.3) is 0 Å². The van der Waals surface area contributed by atoms with Gasteiger partial charge >= 0.3 is 0 Å². The van der Waals surface area contributed by atoms with Crippen molar-refractivity contribution in [3.8, 4) is 0 Å². The Morgan fingerprint density at radius 2 is 1.74 bits per heavy atom. The fourth-order valence-corrected chi connectivity index (χ4v) is 3.32. The average Bonchev–Trinajstić information content (AvgIpc) is 3.17. The first-order chi connectivity index (χ1) is 13.1. The van der Waals surface area contributed by atoms with Crippen molar-refractivity contribution in [2.24, 2.45) is 0 Å². The summed E-state index contributed by atoms with van der Waals surface area (Å²) < 4.78 is 0. The van der Waals surface area contributed by atoms with Gasteiger partial charge in [-0.25, -0.2) is 4.98 Å². The third-order valence-electron chi connectivity index (χ3n) is 4.08. The van der Waals surface area contributed by atoms with E-state index in [0.717, 1.165) is 12.0 Å². The zero-order chi connectivity index (χ0) is 19.1. The number of hydrogen-bond donors (Lipinski definition) is 2. The Morgan fingerprint density at radius 3 is 2.52 bits per heavy atom. The normalized spacial score (nSPS) is 10.4. The van der Waals surface area contributed by atoms with E-state index in [1.54, 1.807) is 17.5 Å². The van der Waals surface area contributed by atoms with Crippen molar-refractivity contribution in [1.82, 2.24) is 10.3 Å². The number of aryl methyl sites for hydroxylation is 1. The lowest BCUT2D eigenvalue weighted by Crippen LogP contribution is -2.25. The monoisotopic (exact) mass is 379 g/mol. The Balaban J connectivity index is 1.44. The van der Waals surface area contributed by atoms with Crippen LogP contribution in [0.5, 0.6) is 0 Å². The molecular weight excluding hydrogens is 358 g/mol. The van der Waals surface area contributed by atoms with Gasteiger partial charge in [0.1, 0.15) is 5.69 Å². The molecule has 27 heavy (non-hydrogen) atoms. The predicted molar refractivity (Wildman–Crippen MR) is 109 cm³/mol. The predicted octanol–water partition coefficient (Wildman–Crippen LogP) is 3.91. The summed E-state index contributed by atoms with van der Waals surface area (Å²) >= 11 is 1.41. The number of ketones is 1. The molecule has 0 saturated heterocycles. The molecule has 0 bridgehead atoms. The molecule has 3 rings (SSSR count). The van der Waals surface area contributed by atoms with Gasteiger partial charge in [-0.2, -0.15) is 0 Å². The summed E-state index contributed by atoms with van der Waals surface area (Å²) in [6, 6.07) is 16.6. The number of aromatic nitrogens is 1. The van der Waals surface area contributed by atoms with Gasteiger partial charge < -0.3 is 10.6 Å². The van der Waals surface area contributed by atoms with Crippen LogP contribution < -0.4 is 10.6 Å². The number of thiazole rings is 1. The van der Waals surface area contributed by atoms with E-state index >= 15 is 0 Å². The highest BCUT2D eigenvalue weighted by Gasteiger charge is 2.14. The smallest absolute Gasteiger partial charge is 0.251 e. The molecule has 1 aromatic heterocycles. The zero-order valence-electron chi connectivity index (χ0n) is 15.1. The molecule has 3 aromatic rings. The van der Waals surface area contributed by atoms with Crippen LogP contribution in [0.4, 0.5) is 5.13 Å². The van der Waals surface area contributed by atoms with E-state index in [2.05, 4.69) is 15.6 Å². The van der Waals surface area contributed by atoms with Crippen molar-refractivity contribution in [3.63, 3.8) is 0 Å². The first-order valence-electron chi connectivity index (χ1n) is 8.78. The number of carbonyl (C=O) groups is 2. The second-order valence-electron chi connectivity index (χ2n) is 6.08. The highest BCUT2D eigenvalue weighted by molar-refractivity contribution is 7.13. The molecule has 0 unspecified atom stereocenters. The minimum Gasteiger partial charge on any atom is -0.361 e. The SMILES string of the molecule is Cc1ccccc1C(=O)c1csc(NCCCNC(=O)c2ccccc2)n1. The van der Waals surface area contributed by atoms with Crippen LogP contribution >= 0.6 is 11.3 Å². The van der Waals surface area contributed by atoms with Gasteiger partial charge in [0.2, 0.25) is 5.78 Å². The standard InChI is InChI=1S/C21H21N3O2S/c1-15-8-5-6-11-17(15)19(25)18-14-27-21(24-18)23-13-7-12-22-20(26)16-9-3-2-4-10-16/h2-6,8-11,14H,7,12-13H2,1H3,(H,22,26)(H,23,24). The van der Waals surface area contributed by atoms with E-state index in [1.807, 2.05) is 49.4 Å². The second kappa shape index (κ2) is 9.09. The van der Waals surface area contributed by atoms with Crippen LogP contribution in [0.3, 0.4) is 0 Å². The average molecular weight is 379 g/mol. The van der Waals surface area contributed by atoms with Gasteiger partial charge in [-0.05, 0) is 31.0 Å². The molecule has 0 saturated carbocycles. The number of rotatable bonds is 8. The summed E-state index contributed by atoms with van der Waals surface area (Å²) in [6.45, 7) is 3.16. The number of nitrogens with one attached hydrogen (secondary N) is 2. The van der Waals surface area contributed by atoms with Gasteiger partial charge in [-0.1, -0.05) is 42.5 Å². The molecule has 1 amide bonds. The summed E-state index contributed by atoms with van der Waals surface area (Å²) in [5.41, 5.74) is 2.73.